The second kappa shape index (κ2) is 10.1. The Balaban J connectivity index is 1.54. The molecule has 33 heavy (non-hydrogen) atoms. The fraction of sp³-hybridized carbons (Fsp3) is 0.333. The van der Waals surface area contributed by atoms with E-state index < -0.39 is 0 Å². The number of thioether (sulfide) groups is 1. The minimum atomic E-state index is -0.346. The highest BCUT2D eigenvalue weighted by molar-refractivity contribution is 7.99. The highest BCUT2D eigenvalue weighted by Crippen LogP contribution is 2.22. The number of hydrogen-bond acceptors (Lipinski definition) is 6. The molecule has 0 saturated carbocycles. The van der Waals surface area contributed by atoms with Crippen molar-refractivity contribution >= 4 is 34.7 Å². The Morgan fingerprint density at radius 2 is 1.76 bits per heavy atom. The number of aromatic nitrogens is 2. The van der Waals surface area contributed by atoms with Gasteiger partial charge in [-0.05, 0) is 43.7 Å². The lowest BCUT2D eigenvalue weighted by atomic mass is 10.2. The number of carbonyl (C=O) groups is 2. The van der Waals surface area contributed by atoms with E-state index in [4.69, 9.17) is 9.72 Å². The first-order chi connectivity index (χ1) is 16.0. The number of para-hydroxylation sites is 1. The van der Waals surface area contributed by atoms with E-state index in [2.05, 4.69) is 0 Å². The van der Waals surface area contributed by atoms with Crippen LogP contribution in [-0.4, -0.2) is 69.9 Å². The second-order valence-corrected chi connectivity index (χ2v) is 8.69. The fourth-order valence-electron chi connectivity index (χ4n) is 3.77. The van der Waals surface area contributed by atoms with Crippen LogP contribution in [0.4, 0.5) is 4.79 Å². The standard InChI is InChI=1S/C24H26N4O4S/c1-3-32-24(31)27-13-11-26(12-14-27)21(29)16-33-23-25-20-10-5-4-9-19(20)22(30)28(23)18-8-6-7-17(2)15-18/h4-10,15H,3,11-14,16H2,1-2H3. The molecule has 1 aliphatic rings. The average Bonchev–Trinajstić information content (AvgIpc) is 2.83. The molecular weight excluding hydrogens is 440 g/mol. The van der Waals surface area contributed by atoms with Gasteiger partial charge in [0.05, 0.1) is 29.0 Å². The van der Waals surface area contributed by atoms with Crippen molar-refractivity contribution in [2.75, 3.05) is 38.5 Å². The van der Waals surface area contributed by atoms with Crippen LogP contribution >= 0.6 is 11.8 Å². The molecule has 9 heteroatoms. The summed E-state index contributed by atoms with van der Waals surface area (Å²) in [6, 6.07) is 14.9. The predicted octanol–water partition coefficient (Wildman–Crippen LogP) is 3.09. The molecule has 1 aliphatic heterocycles. The maximum absolute atomic E-state index is 13.3. The average molecular weight is 467 g/mol. The third-order valence-corrected chi connectivity index (χ3v) is 6.41. The van der Waals surface area contributed by atoms with Crippen LogP contribution in [0.3, 0.4) is 0 Å². The van der Waals surface area contributed by atoms with Crippen LogP contribution in [0.2, 0.25) is 0 Å². The van der Waals surface area contributed by atoms with Crippen LogP contribution in [0.25, 0.3) is 16.6 Å². The van der Waals surface area contributed by atoms with Crippen molar-refractivity contribution in [3.05, 3.63) is 64.4 Å². The number of benzene rings is 2. The largest absolute Gasteiger partial charge is 0.450 e. The van der Waals surface area contributed by atoms with Crippen LogP contribution in [0, 0.1) is 6.92 Å². The molecule has 4 rings (SSSR count). The maximum atomic E-state index is 13.3. The summed E-state index contributed by atoms with van der Waals surface area (Å²) in [5.74, 6) is 0.0948. The third kappa shape index (κ3) is 5.03. The smallest absolute Gasteiger partial charge is 0.409 e. The first-order valence-corrected chi connectivity index (χ1v) is 11.9. The van der Waals surface area contributed by atoms with Gasteiger partial charge in [-0.3, -0.25) is 14.2 Å². The van der Waals surface area contributed by atoms with Crippen LogP contribution in [0.5, 0.6) is 0 Å². The Bertz CT molecular complexity index is 1230. The number of carbonyl (C=O) groups excluding carboxylic acids is 2. The number of piperazine rings is 1. The molecule has 0 atom stereocenters. The van der Waals surface area contributed by atoms with Crippen molar-refractivity contribution in [2.24, 2.45) is 0 Å². The van der Waals surface area contributed by atoms with Gasteiger partial charge < -0.3 is 14.5 Å². The highest BCUT2D eigenvalue weighted by Gasteiger charge is 2.25. The number of fused-ring (bicyclic) bond motifs is 1. The molecule has 2 amide bonds. The summed E-state index contributed by atoms with van der Waals surface area (Å²) >= 11 is 1.25. The van der Waals surface area contributed by atoms with Gasteiger partial charge in [0.15, 0.2) is 5.16 Å². The van der Waals surface area contributed by atoms with Crippen molar-refractivity contribution in [1.29, 1.82) is 0 Å². The SMILES string of the molecule is CCOC(=O)N1CCN(C(=O)CSc2nc3ccccc3c(=O)n2-c2cccc(C)c2)CC1. The highest BCUT2D eigenvalue weighted by atomic mass is 32.2. The summed E-state index contributed by atoms with van der Waals surface area (Å²) < 4.78 is 6.61. The van der Waals surface area contributed by atoms with E-state index in [1.807, 2.05) is 43.3 Å². The van der Waals surface area contributed by atoms with E-state index in [0.29, 0.717) is 48.8 Å². The lowest BCUT2D eigenvalue weighted by Gasteiger charge is -2.34. The van der Waals surface area contributed by atoms with E-state index >= 15 is 0 Å². The normalized spacial score (nSPS) is 13.9. The van der Waals surface area contributed by atoms with Gasteiger partial charge >= 0.3 is 6.09 Å². The van der Waals surface area contributed by atoms with E-state index in [9.17, 15) is 14.4 Å². The molecule has 1 saturated heterocycles. The Hall–Kier alpha value is -3.33. The molecule has 2 heterocycles. The van der Waals surface area contributed by atoms with Crippen LogP contribution in [-0.2, 0) is 9.53 Å². The minimum Gasteiger partial charge on any atom is -0.450 e. The first kappa shape index (κ1) is 22.8. The number of nitrogens with zero attached hydrogens (tertiary/aromatic N) is 4. The Kier molecular flexibility index (Phi) is 6.98. The molecule has 0 aliphatic carbocycles. The molecule has 0 bridgehead atoms. The zero-order valence-electron chi connectivity index (χ0n) is 18.7. The summed E-state index contributed by atoms with van der Waals surface area (Å²) in [6.45, 7) is 5.86. The number of amides is 2. The second-order valence-electron chi connectivity index (χ2n) is 7.75. The van der Waals surface area contributed by atoms with Gasteiger partial charge in [0, 0.05) is 26.2 Å². The molecule has 1 fully saturated rings. The Morgan fingerprint density at radius 3 is 2.48 bits per heavy atom. The summed E-state index contributed by atoms with van der Waals surface area (Å²) in [5, 5.41) is 1.01. The van der Waals surface area contributed by atoms with Crippen molar-refractivity contribution in [2.45, 2.75) is 19.0 Å². The monoisotopic (exact) mass is 466 g/mol. The first-order valence-electron chi connectivity index (χ1n) is 10.9. The minimum absolute atomic E-state index is 0.0540. The number of aryl methyl sites for hydroxylation is 1. The quantitative estimate of drug-likeness (QED) is 0.424. The van der Waals surface area contributed by atoms with Gasteiger partial charge in [0.2, 0.25) is 5.91 Å². The van der Waals surface area contributed by atoms with Crippen molar-refractivity contribution in [3.8, 4) is 5.69 Å². The van der Waals surface area contributed by atoms with Crippen molar-refractivity contribution in [3.63, 3.8) is 0 Å². The topological polar surface area (TPSA) is 84.7 Å². The lowest BCUT2D eigenvalue weighted by molar-refractivity contribution is -0.129. The Labute approximate surface area is 196 Å². The zero-order chi connectivity index (χ0) is 23.4. The number of ether oxygens (including phenoxy) is 1. The molecule has 0 unspecified atom stereocenters. The van der Waals surface area contributed by atoms with Gasteiger partial charge in [0.25, 0.3) is 5.56 Å². The van der Waals surface area contributed by atoms with Crippen molar-refractivity contribution in [1.82, 2.24) is 19.4 Å². The number of hydrogen-bond donors (Lipinski definition) is 0. The van der Waals surface area contributed by atoms with E-state index in [-0.39, 0.29) is 23.3 Å². The predicted molar refractivity (Wildman–Crippen MR) is 128 cm³/mol. The van der Waals surface area contributed by atoms with Gasteiger partial charge in [-0.2, -0.15) is 0 Å². The Morgan fingerprint density at radius 1 is 1.03 bits per heavy atom. The molecule has 8 nitrogen and oxygen atoms in total. The molecule has 0 radical (unpaired) electrons. The summed E-state index contributed by atoms with van der Waals surface area (Å²) in [6.07, 6.45) is -0.346. The van der Waals surface area contributed by atoms with E-state index in [1.165, 1.54) is 11.8 Å². The summed E-state index contributed by atoms with van der Waals surface area (Å²) in [7, 11) is 0. The van der Waals surface area contributed by atoms with Crippen molar-refractivity contribution < 1.29 is 14.3 Å². The molecule has 2 aromatic carbocycles. The molecular formula is C24H26N4O4S. The summed E-state index contributed by atoms with van der Waals surface area (Å²) in [5.41, 5.74) is 2.18. The summed E-state index contributed by atoms with van der Waals surface area (Å²) in [4.78, 5) is 46.1. The van der Waals surface area contributed by atoms with Crippen LogP contribution in [0.1, 0.15) is 12.5 Å². The molecule has 0 spiro atoms. The van der Waals surface area contributed by atoms with E-state index in [0.717, 1.165) is 11.3 Å². The fourth-order valence-corrected chi connectivity index (χ4v) is 4.69. The molecule has 172 valence electrons. The van der Waals surface area contributed by atoms with E-state index in [1.54, 1.807) is 33.4 Å². The van der Waals surface area contributed by atoms with Crippen LogP contribution in [0.15, 0.2) is 58.5 Å². The molecule has 0 N–H and O–H groups in total. The van der Waals surface area contributed by atoms with Gasteiger partial charge in [-0.15, -0.1) is 0 Å². The molecule has 3 aromatic rings. The zero-order valence-corrected chi connectivity index (χ0v) is 19.5. The molecule has 1 aromatic heterocycles. The van der Waals surface area contributed by atoms with Gasteiger partial charge in [0.1, 0.15) is 0 Å². The van der Waals surface area contributed by atoms with Gasteiger partial charge in [-0.1, -0.05) is 36.0 Å². The van der Waals surface area contributed by atoms with Crippen LogP contribution < -0.4 is 5.56 Å². The maximum Gasteiger partial charge on any atom is 0.409 e. The number of rotatable bonds is 5. The van der Waals surface area contributed by atoms with Gasteiger partial charge in [-0.25, -0.2) is 9.78 Å². The lowest BCUT2D eigenvalue weighted by Crippen LogP contribution is -2.51. The third-order valence-electron chi connectivity index (χ3n) is 5.49.